The highest BCUT2D eigenvalue weighted by molar-refractivity contribution is 6.16. The first-order chi connectivity index (χ1) is 15.9. The van der Waals surface area contributed by atoms with E-state index in [9.17, 15) is 9.18 Å². The SMILES string of the molecule is CN/C(F)=C1\C(=N)C=C(c2cnn(C3CC(C)(C)OC3(C)C)c2)C=C1O[C@H](C)[C@H]1CNC(=O)C1. The van der Waals surface area contributed by atoms with Crippen LogP contribution in [0.15, 0.2) is 41.8 Å². The molecule has 1 unspecified atom stereocenters. The van der Waals surface area contributed by atoms with Gasteiger partial charge in [-0.05, 0) is 52.3 Å². The van der Waals surface area contributed by atoms with E-state index < -0.39 is 5.95 Å². The number of aromatic nitrogens is 2. The van der Waals surface area contributed by atoms with Gasteiger partial charge in [0.05, 0.1) is 34.7 Å². The van der Waals surface area contributed by atoms with Gasteiger partial charge in [0.2, 0.25) is 5.91 Å². The Morgan fingerprint density at radius 2 is 2.12 bits per heavy atom. The minimum Gasteiger partial charge on any atom is -0.489 e. The molecule has 0 bridgehead atoms. The van der Waals surface area contributed by atoms with Crippen molar-refractivity contribution < 1.29 is 18.7 Å². The predicted molar refractivity (Wildman–Crippen MR) is 128 cm³/mol. The number of hydrogen-bond acceptors (Lipinski definition) is 6. The average Bonchev–Trinajstić information content (AvgIpc) is 3.44. The number of rotatable bonds is 6. The summed E-state index contributed by atoms with van der Waals surface area (Å²) < 4.78 is 29.0. The average molecular weight is 472 g/mol. The van der Waals surface area contributed by atoms with Crippen molar-refractivity contribution in [2.45, 2.75) is 70.8 Å². The highest BCUT2D eigenvalue weighted by atomic mass is 19.1. The second-order valence-corrected chi connectivity index (χ2v) is 10.4. The van der Waals surface area contributed by atoms with Gasteiger partial charge in [-0.3, -0.25) is 14.9 Å². The van der Waals surface area contributed by atoms with Crippen molar-refractivity contribution in [1.29, 1.82) is 5.41 Å². The molecule has 0 saturated carbocycles. The first-order valence-corrected chi connectivity index (χ1v) is 11.7. The van der Waals surface area contributed by atoms with Crippen LogP contribution in [0, 0.1) is 11.3 Å². The molecule has 1 aromatic heterocycles. The minimum atomic E-state index is -0.637. The third-order valence-corrected chi connectivity index (χ3v) is 6.81. The Labute approximate surface area is 199 Å². The molecule has 2 aliphatic heterocycles. The molecule has 3 aliphatic rings. The van der Waals surface area contributed by atoms with E-state index in [4.69, 9.17) is 14.9 Å². The zero-order valence-electron chi connectivity index (χ0n) is 20.7. The highest BCUT2D eigenvalue weighted by Gasteiger charge is 2.47. The monoisotopic (exact) mass is 471 g/mol. The molecule has 1 aliphatic carbocycles. The third-order valence-electron chi connectivity index (χ3n) is 6.81. The fraction of sp³-hybridized carbons (Fsp3) is 0.560. The van der Waals surface area contributed by atoms with Gasteiger partial charge in [0.1, 0.15) is 11.9 Å². The van der Waals surface area contributed by atoms with Crippen molar-refractivity contribution in [2.24, 2.45) is 5.92 Å². The zero-order chi connectivity index (χ0) is 24.8. The van der Waals surface area contributed by atoms with E-state index in [1.54, 1.807) is 18.3 Å². The lowest BCUT2D eigenvalue weighted by molar-refractivity contribution is -0.119. The summed E-state index contributed by atoms with van der Waals surface area (Å²) in [5.41, 5.74) is 0.965. The molecular weight excluding hydrogens is 437 g/mol. The van der Waals surface area contributed by atoms with Crippen molar-refractivity contribution in [1.82, 2.24) is 20.4 Å². The molecule has 3 heterocycles. The van der Waals surface area contributed by atoms with E-state index >= 15 is 0 Å². The number of ether oxygens (including phenoxy) is 2. The summed E-state index contributed by atoms with van der Waals surface area (Å²) in [5.74, 6) is -0.411. The van der Waals surface area contributed by atoms with Crippen LogP contribution in [0.5, 0.6) is 0 Å². The van der Waals surface area contributed by atoms with Crippen molar-refractivity contribution in [2.75, 3.05) is 13.6 Å². The van der Waals surface area contributed by atoms with Gasteiger partial charge in [-0.1, -0.05) is 0 Å². The van der Waals surface area contributed by atoms with Crippen LogP contribution in [0.1, 0.15) is 59.1 Å². The van der Waals surface area contributed by atoms with Gasteiger partial charge in [-0.25, -0.2) is 0 Å². The van der Waals surface area contributed by atoms with Gasteiger partial charge >= 0.3 is 0 Å². The van der Waals surface area contributed by atoms with Crippen LogP contribution in [0.3, 0.4) is 0 Å². The molecule has 1 aromatic rings. The lowest BCUT2D eigenvalue weighted by atomic mass is 9.94. The van der Waals surface area contributed by atoms with Gasteiger partial charge in [0.25, 0.3) is 0 Å². The lowest BCUT2D eigenvalue weighted by Crippen LogP contribution is -2.31. The number of hydrogen-bond donors (Lipinski definition) is 3. The van der Waals surface area contributed by atoms with Crippen LogP contribution in [0.2, 0.25) is 0 Å². The second kappa shape index (κ2) is 8.69. The highest BCUT2D eigenvalue weighted by Crippen LogP contribution is 2.45. The van der Waals surface area contributed by atoms with Crippen molar-refractivity contribution >= 4 is 17.2 Å². The molecule has 3 atom stereocenters. The number of carbonyl (C=O) groups is 1. The maximum Gasteiger partial charge on any atom is 0.220 e. The summed E-state index contributed by atoms with van der Waals surface area (Å²) >= 11 is 0. The summed E-state index contributed by atoms with van der Waals surface area (Å²) in [6, 6.07) is 0.0595. The molecule has 0 aromatic carbocycles. The number of halogens is 1. The Kier molecular flexibility index (Phi) is 6.18. The Balaban J connectivity index is 1.64. The predicted octanol–water partition coefficient (Wildman–Crippen LogP) is 3.64. The van der Waals surface area contributed by atoms with Crippen molar-refractivity contribution in [3.63, 3.8) is 0 Å². The van der Waals surface area contributed by atoms with Gasteiger partial charge in [0, 0.05) is 44.1 Å². The van der Waals surface area contributed by atoms with Crippen molar-refractivity contribution in [3.8, 4) is 0 Å². The van der Waals surface area contributed by atoms with E-state index in [0.717, 1.165) is 12.0 Å². The fourth-order valence-corrected chi connectivity index (χ4v) is 5.09. The fourth-order valence-electron chi connectivity index (χ4n) is 5.09. The van der Waals surface area contributed by atoms with Crippen LogP contribution in [-0.2, 0) is 14.3 Å². The topological polar surface area (TPSA) is 101 Å². The van der Waals surface area contributed by atoms with Crippen LogP contribution in [0.25, 0.3) is 5.57 Å². The summed E-state index contributed by atoms with van der Waals surface area (Å²) in [7, 11) is 1.46. The zero-order valence-corrected chi connectivity index (χ0v) is 20.7. The second-order valence-electron chi connectivity index (χ2n) is 10.4. The Hall–Kier alpha value is -2.94. The van der Waals surface area contributed by atoms with E-state index in [2.05, 4.69) is 43.4 Å². The molecule has 3 N–H and O–H groups in total. The van der Waals surface area contributed by atoms with E-state index in [1.165, 1.54) is 7.05 Å². The Bertz CT molecular complexity index is 1100. The van der Waals surface area contributed by atoms with E-state index in [1.807, 2.05) is 17.8 Å². The summed E-state index contributed by atoms with van der Waals surface area (Å²) in [6.07, 6.45) is 7.91. The summed E-state index contributed by atoms with van der Waals surface area (Å²) in [6.45, 7) is 10.7. The van der Waals surface area contributed by atoms with Crippen LogP contribution < -0.4 is 10.6 Å². The maximum atomic E-state index is 14.7. The Morgan fingerprint density at radius 3 is 2.71 bits per heavy atom. The summed E-state index contributed by atoms with van der Waals surface area (Å²) in [4.78, 5) is 11.6. The molecule has 1 amide bonds. The molecule has 9 heteroatoms. The maximum absolute atomic E-state index is 14.7. The van der Waals surface area contributed by atoms with Crippen LogP contribution in [0.4, 0.5) is 4.39 Å². The number of nitrogens with zero attached hydrogens (tertiary/aromatic N) is 2. The summed E-state index contributed by atoms with van der Waals surface area (Å²) in [5, 5.41) is 18.4. The smallest absolute Gasteiger partial charge is 0.220 e. The van der Waals surface area contributed by atoms with Gasteiger partial charge in [-0.2, -0.15) is 9.49 Å². The first kappa shape index (κ1) is 24.2. The molecular formula is C25H34FN5O3. The molecule has 2 saturated heterocycles. The van der Waals surface area contributed by atoms with Crippen LogP contribution in [-0.4, -0.2) is 52.3 Å². The van der Waals surface area contributed by atoms with Crippen molar-refractivity contribution in [3.05, 3.63) is 47.4 Å². The minimum absolute atomic E-state index is 0.00517. The first-order valence-electron chi connectivity index (χ1n) is 11.7. The normalized spacial score (nSPS) is 28.2. The van der Waals surface area contributed by atoms with Gasteiger partial charge in [0.15, 0.2) is 5.95 Å². The third kappa shape index (κ3) is 4.66. The van der Waals surface area contributed by atoms with E-state index in [-0.39, 0.29) is 52.2 Å². The molecule has 4 rings (SSSR count). The molecule has 184 valence electrons. The molecule has 0 radical (unpaired) electrons. The standard InChI is InChI=1S/C25H34FN5O3/c1-14(16-9-21(32)29-11-16)33-19-8-15(7-18(27)22(19)23(26)28-6)17-12-30-31(13-17)20-10-24(2,3)34-25(20,4)5/h7-8,12-14,16,20,27-28H,9-11H2,1-6H3,(H,29,32)/b23-22+,27-18?/t14-,16-,20?/m1/s1. The largest absolute Gasteiger partial charge is 0.489 e. The quantitative estimate of drug-likeness (QED) is 0.550. The van der Waals surface area contributed by atoms with Gasteiger partial charge in [-0.15, -0.1) is 0 Å². The Morgan fingerprint density at radius 1 is 1.38 bits per heavy atom. The molecule has 2 fully saturated rings. The lowest BCUT2D eigenvalue weighted by Gasteiger charge is -2.27. The molecule has 0 spiro atoms. The number of nitrogens with one attached hydrogen (secondary N) is 3. The van der Waals surface area contributed by atoms with E-state index in [0.29, 0.717) is 18.5 Å². The molecule has 8 nitrogen and oxygen atoms in total. The molecule has 34 heavy (non-hydrogen) atoms. The number of allylic oxidation sites excluding steroid dienone is 4. The van der Waals surface area contributed by atoms with Crippen LogP contribution >= 0.6 is 0 Å². The number of amides is 1. The van der Waals surface area contributed by atoms with Gasteiger partial charge < -0.3 is 20.1 Å². The number of carbonyl (C=O) groups excluding carboxylic acids is 1.